The van der Waals surface area contributed by atoms with E-state index in [1.807, 2.05) is 17.7 Å². The number of hydrogen-bond donors (Lipinski definition) is 0. The van der Waals surface area contributed by atoms with Gasteiger partial charge >= 0.3 is 0 Å². The third-order valence-electron chi connectivity index (χ3n) is 4.33. The van der Waals surface area contributed by atoms with Gasteiger partial charge in [-0.2, -0.15) is 5.10 Å². The van der Waals surface area contributed by atoms with Crippen LogP contribution in [-0.4, -0.2) is 28.0 Å². The van der Waals surface area contributed by atoms with Crippen molar-refractivity contribution in [1.29, 1.82) is 0 Å². The van der Waals surface area contributed by atoms with Gasteiger partial charge in [0, 0.05) is 25.4 Å². The van der Waals surface area contributed by atoms with Crippen LogP contribution in [0.25, 0.3) is 0 Å². The average Bonchev–Trinajstić information content (AvgIpc) is 3.01. The summed E-state index contributed by atoms with van der Waals surface area (Å²) in [5.41, 5.74) is 0. The van der Waals surface area contributed by atoms with Crippen LogP contribution in [0.2, 0.25) is 0 Å². The highest BCUT2D eigenvalue weighted by atomic mass is 19.1. The molecule has 0 saturated carbocycles. The fraction of sp³-hybridized carbons (Fsp3) is 0.625. The van der Waals surface area contributed by atoms with Gasteiger partial charge in [-0.25, -0.2) is 14.1 Å². The summed E-state index contributed by atoms with van der Waals surface area (Å²) in [5.74, 6) is 1.86. The first-order chi connectivity index (χ1) is 10.2. The number of allylic oxidation sites excluding steroid dienone is 4. The number of fused-ring (bicyclic) bond motifs is 1. The minimum Gasteiger partial charge on any atom is -0.381 e. The molecular formula is C16H22FN3O. The van der Waals surface area contributed by atoms with E-state index in [4.69, 9.17) is 4.74 Å². The van der Waals surface area contributed by atoms with Gasteiger partial charge in [0.15, 0.2) is 17.8 Å². The molecule has 3 rings (SSSR count). The lowest BCUT2D eigenvalue weighted by atomic mass is 9.83. The lowest BCUT2D eigenvalue weighted by molar-refractivity contribution is 0.149. The first-order valence-electron chi connectivity index (χ1n) is 7.72. The van der Waals surface area contributed by atoms with Crippen molar-refractivity contribution < 1.29 is 9.13 Å². The van der Waals surface area contributed by atoms with Crippen molar-refractivity contribution >= 4 is 0 Å². The Morgan fingerprint density at radius 1 is 1.38 bits per heavy atom. The van der Waals surface area contributed by atoms with E-state index >= 15 is 0 Å². The second kappa shape index (κ2) is 6.10. The van der Waals surface area contributed by atoms with Gasteiger partial charge in [0.05, 0.1) is 12.6 Å². The second-order valence-electron chi connectivity index (χ2n) is 5.75. The van der Waals surface area contributed by atoms with E-state index in [2.05, 4.69) is 35.2 Å². The molecule has 1 aromatic rings. The van der Waals surface area contributed by atoms with Crippen molar-refractivity contribution in [2.24, 2.45) is 11.8 Å². The van der Waals surface area contributed by atoms with Crippen LogP contribution in [-0.2, 0) is 11.2 Å². The van der Waals surface area contributed by atoms with E-state index in [0.29, 0.717) is 43.6 Å². The Balaban J connectivity index is 1.78. The first kappa shape index (κ1) is 14.4. The highest BCUT2D eigenvalue weighted by Gasteiger charge is 2.39. The van der Waals surface area contributed by atoms with Crippen molar-refractivity contribution in [2.45, 2.75) is 38.9 Å². The van der Waals surface area contributed by atoms with E-state index in [0.717, 1.165) is 0 Å². The van der Waals surface area contributed by atoms with Crippen molar-refractivity contribution in [3.8, 4) is 0 Å². The Hall–Kier alpha value is -1.49. The summed E-state index contributed by atoms with van der Waals surface area (Å²) in [7, 11) is 0. The van der Waals surface area contributed by atoms with Crippen LogP contribution < -0.4 is 0 Å². The number of alkyl halides is 1. The Kier molecular flexibility index (Phi) is 4.19. The predicted molar refractivity (Wildman–Crippen MR) is 78.7 cm³/mol. The average molecular weight is 291 g/mol. The molecule has 2 heterocycles. The Morgan fingerprint density at radius 2 is 2.19 bits per heavy atom. The van der Waals surface area contributed by atoms with E-state index in [9.17, 15) is 4.39 Å². The number of hydrogen-bond acceptors (Lipinski definition) is 3. The number of rotatable bonds is 5. The molecule has 1 aromatic heterocycles. The zero-order chi connectivity index (χ0) is 14.8. The predicted octanol–water partition coefficient (Wildman–Crippen LogP) is 3.19. The summed E-state index contributed by atoms with van der Waals surface area (Å²) in [6.45, 7) is 5.39. The molecular weight excluding hydrogens is 269 g/mol. The molecule has 0 fully saturated rings. The summed E-state index contributed by atoms with van der Waals surface area (Å²) >= 11 is 0. The van der Waals surface area contributed by atoms with Gasteiger partial charge in [-0.15, -0.1) is 0 Å². The van der Waals surface area contributed by atoms with Crippen molar-refractivity contribution in [1.82, 2.24) is 14.8 Å². The Morgan fingerprint density at radius 3 is 2.95 bits per heavy atom. The summed E-state index contributed by atoms with van der Waals surface area (Å²) in [6.07, 6.45) is 8.55. The van der Waals surface area contributed by atoms with Crippen LogP contribution in [0.4, 0.5) is 4.39 Å². The molecule has 4 nitrogen and oxygen atoms in total. The SMILES string of the molecule is CCOCCc1nc2n(n1)[C@H](C1C=CC=CC1C)C[C@@H]2F. The normalized spacial score (nSPS) is 30.8. The van der Waals surface area contributed by atoms with E-state index < -0.39 is 6.17 Å². The number of aromatic nitrogens is 3. The minimum atomic E-state index is -1.00. The molecule has 2 aliphatic rings. The minimum absolute atomic E-state index is 0.0690. The summed E-state index contributed by atoms with van der Waals surface area (Å²) in [4.78, 5) is 4.37. The lowest BCUT2D eigenvalue weighted by Gasteiger charge is -2.26. The maximum absolute atomic E-state index is 14.3. The van der Waals surface area contributed by atoms with Gasteiger partial charge in [-0.3, -0.25) is 0 Å². The summed E-state index contributed by atoms with van der Waals surface area (Å²) < 4.78 is 21.4. The fourth-order valence-corrected chi connectivity index (χ4v) is 3.20. The molecule has 1 aliphatic carbocycles. The quantitative estimate of drug-likeness (QED) is 0.782. The molecule has 0 radical (unpaired) electrons. The fourth-order valence-electron chi connectivity index (χ4n) is 3.20. The van der Waals surface area contributed by atoms with Crippen molar-refractivity contribution in [3.05, 3.63) is 36.0 Å². The van der Waals surface area contributed by atoms with Crippen LogP contribution in [0, 0.1) is 11.8 Å². The largest absolute Gasteiger partial charge is 0.381 e. The summed E-state index contributed by atoms with van der Waals surface area (Å²) in [6, 6.07) is 0.0690. The maximum Gasteiger partial charge on any atom is 0.162 e. The van der Waals surface area contributed by atoms with Gasteiger partial charge in [0.25, 0.3) is 0 Å². The number of halogens is 1. The van der Waals surface area contributed by atoms with Crippen LogP contribution >= 0.6 is 0 Å². The van der Waals surface area contributed by atoms with Gasteiger partial charge < -0.3 is 4.74 Å². The van der Waals surface area contributed by atoms with Crippen LogP contribution in [0.1, 0.15) is 44.1 Å². The molecule has 21 heavy (non-hydrogen) atoms. The zero-order valence-corrected chi connectivity index (χ0v) is 12.6. The van der Waals surface area contributed by atoms with Crippen molar-refractivity contribution in [3.63, 3.8) is 0 Å². The van der Waals surface area contributed by atoms with Gasteiger partial charge in [-0.05, 0) is 12.8 Å². The Bertz CT molecular complexity index is 552. The summed E-state index contributed by atoms with van der Waals surface area (Å²) in [5, 5.41) is 4.53. The van der Waals surface area contributed by atoms with E-state index in [-0.39, 0.29) is 12.0 Å². The molecule has 4 atom stereocenters. The topological polar surface area (TPSA) is 39.9 Å². The molecule has 0 bridgehead atoms. The molecule has 5 heteroatoms. The third kappa shape index (κ3) is 2.79. The lowest BCUT2D eigenvalue weighted by Crippen LogP contribution is -2.22. The van der Waals surface area contributed by atoms with Gasteiger partial charge in [0.2, 0.25) is 0 Å². The number of nitrogens with zero attached hydrogens (tertiary/aromatic N) is 3. The molecule has 0 spiro atoms. The Labute approximate surface area is 124 Å². The standard InChI is InChI=1S/C16H22FN3O/c1-3-21-9-8-15-18-16-13(17)10-14(20(16)19-15)12-7-5-4-6-11(12)2/h4-7,11-14H,3,8-10H2,1-2H3/t11?,12?,13-,14-/m0/s1. The molecule has 1 aliphatic heterocycles. The molecule has 0 amide bonds. The zero-order valence-electron chi connectivity index (χ0n) is 12.6. The smallest absolute Gasteiger partial charge is 0.162 e. The van der Waals surface area contributed by atoms with Crippen LogP contribution in [0.3, 0.4) is 0 Å². The molecule has 0 aromatic carbocycles. The molecule has 2 unspecified atom stereocenters. The second-order valence-corrected chi connectivity index (χ2v) is 5.75. The van der Waals surface area contributed by atoms with Crippen LogP contribution in [0.5, 0.6) is 0 Å². The molecule has 0 N–H and O–H groups in total. The maximum atomic E-state index is 14.3. The van der Waals surface area contributed by atoms with Gasteiger partial charge in [-0.1, -0.05) is 31.2 Å². The first-order valence-corrected chi connectivity index (χ1v) is 7.72. The highest BCUT2D eigenvalue weighted by molar-refractivity contribution is 5.17. The molecule has 114 valence electrons. The van der Waals surface area contributed by atoms with Crippen molar-refractivity contribution in [2.75, 3.05) is 13.2 Å². The third-order valence-corrected chi connectivity index (χ3v) is 4.33. The van der Waals surface area contributed by atoms with E-state index in [1.165, 1.54) is 0 Å². The van der Waals surface area contributed by atoms with E-state index in [1.54, 1.807) is 0 Å². The van der Waals surface area contributed by atoms with Gasteiger partial charge in [0.1, 0.15) is 0 Å². The highest BCUT2D eigenvalue weighted by Crippen LogP contribution is 2.43. The number of ether oxygens (including phenoxy) is 1. The molecule has 0 saturated heterocycles. The van der Waals surface area contributed by atoms with Crippen LogP contribution in [0.15, 0.2) is 24.3 Å². The monoisotopic (exact) mass is 291 g/mol.